The van der Waals surface area contributed by atoms with E-state index in [2.05, 4.69) is 17.1 Å². The maximum absolute atomic E-state index is 13.3. The summed E-state index contributed by atoms with van der Waals surface area (Å²) in [5.41, 5.74) is 5.28. The van der Waals surface area contributed by atoms with Gasteiger partial charge in [0.2, 0.25) is 0 Å². The number of hydrogen-bond donors (Lipinski definition) is 2. The van der Waals surface area contributed by atoms with E-state index in [0.29, 0.717) is 36.7 Å². The molecule has 168 valence electrons. The van der Waals surface area contributed by atoms with Crippen molar-refractivity contribution in [3.63, 3.8) is 0 Å². The van der Waals surface area contributed by atoms with E-state index >= 15 is 0 Å². The van der Waals surface area contributed by atoms with Crippen molar-refractivity contribution in [2.24, 2.45) is 0 Å². The van der Waals surface area contributed by atoms with Gasteiger partial charge in [0.1, 0.15) is 22.9 Å². The first-order chi connectivity index (χ1) is 15.5. The first-order valence-electron chi connectivity index (χ1n) is 10.9. The van der Waals surface area contributed by atoms with Gasteiger partial charge in [0.05, 0.1) is 19.3 Å². The molecule has 4 rings (SSSR count). The molecule has 2 aromatic carbocycles. The number of benzene rings is 2. The Hall–Kier alpha value is -3.32. The molecule has 7 nitrogen and oxygen atoms in total. The summed E-state index contributed by atoms with van der Waals surface area (Å²) in [6.45, 7) is 7.46. The maximum atomic E-state index is 13.3. The van der Waals surface area contributed by atoms with Gasteiger partial charge in [0, 0.05) is 24.8 Å². The molecule has 3 aromatic rings. The number of aromatic hydroxyl groups is 1. The monoisotopic (exact) mass is 435 g/mol. The van der Waals surface area contributed by atoms with Gasteiger partial charge >= 0.3 is 0 Å². The lowest BCUT2D eigenvalue weighted by atomic mass is 9.93. The third-order valence-electron chi connectivity index (χ3n) is 5.76. The van der Waals surface area contributed by atoms with Crippen LogP contribution in [0, 0.1) is 13.8 Å². The van der Waals surface area contributed by atoms with Crippen LogP contribution in [-0.2, 0) is 4.74 Å². The largest absolute Gasteiger partial charge is 0.507 e. The number of carbonyl (C=O) groups is 1. The molecule has 7 heteroatoms. The Balaban J connectivity index is 1.82. The smallest absolute Gasteiger partial charge is 0.273 e. The average molecular weight is 436 g/mol. The second kappa shape index (κ2) is 9.04. The van der Waals surface area contributed by atoms with Crippen LogP contribution in [0.15, 0.2) is 36.4 Å². The number of aryl methyl sites for hydroxylation is 2. The number of amides is 1. The van der Waals surface area contributed by atoms with Crippen molar-refractivity contribution in [1.82, 2.24) is 15.1 Å². The summed E-state index contributed by atoms with van der Waals surface area (Å²) in [6, 6.07) is 11.2. The van der Waals surface area contributed by atoms with Crippen molar-refractivity contribution in [1.29, 1.82) is 0 Å². The lowest BCUT2D eigenvalue weighted by Gasteiger charge is -2.26. The minimum absolute atomic E-state index is 0.128. The van der Waals surface area contributed by atoms with E-state index in [1.165, 1.54) is 0 Å². The number of methoxy groups -OCH3 is 1. The Labute approximate surface area is 188 Å². The summed E-state index contributed by atoms with van der Waals surface area (Å²) in [4.78, 5) is 15.1. The molecule has 2 heterocycles. The second-order valence-corrected chi connectivity index (χ2v) is 8.15. The van der Waals surface area contributed by atoms with Gasteiger partial charge in [-0.3, -0.25) is 9.89 Å². The minimum Gasteiger partial charge on any atom is -0.507 e. The van der Waals surface area contributed by atoms with Crippen molar-refractivity contribution < 1.29 is 19.4 Å². The fourth-order valence-electron chi connectivity index (χ4n) is 4.37. The number of phenolic OH excluding ortho intramolecular Hbond substituents is 1. The summed E-state index contributed by atoms with van der Waals surface area (Å²) in [5.74, 6) is 0.820. The predicted molar refractivity (Wildman–Crippen MR) is 122 cm³/mol. The van der Waals surface area contributed by atoms with Crippen molar-refractivity contribution in [3.8, 4) is 22.8 Å². The lowest BCUT2D eigenvalue weighted by Crippen LogP contribution is -2.32. The van der Waals surface area contributed by atoms with Gasteiger partial charge in [0.15, 0.2) is 0 Å². The standard InChI is InChI=1S/C25H29N3O4/c1-5-11-32-18-8-6-17(7-9-18)24-21-22(20-16(3)13-15(2)14-19(20)29)26-27-23(21)25(30)28(24)10-12-31-4/h6-9,13-14,24,29H,5,10-12H2,1-4H3,(H,26,27). The van der Waals surface area contributed by atoms with E-state index in [-0.39, 0.29) is 17.7 Å². The van der Waals surface area contributed by atoms with Gasteiger partial charge in [-0.2, -0.15) is 5.10 Å². The molecule has 1 aliphatic rings. The summed E-state index contributed by atoms with van der Waals surface area (Å²) >= 11 is 0. The van der Waals surface area contributed by atoms with Crippen molar-refractivity contribution in [2.75, 3.05) is 26.9 Å². The quantitative estimate of drug-likeness (QED) is 0.548. The molecule has 1 atom stereocenters. The highest BCUT2D eigenvalue weighted by Crippen LogP contribution is 2.45. The molecule has 1 aromatic heterocycles. The molecule has 0 radical (unpaired) electrons. The molecule has 0 spiro atoms. The number of nitrogens with zero attached hydrogens (tertiary/aromatic N) is 2. The molecule has 0 bridgehead atoms. The van der Waals surface area contributed by atoms with Crippen LogP contribution in [0.3, 0.4) is 0 Å². The number of hydrogen-bond acceptors (Lipinski definition) is 5. The topological polar surface area (TPSA) is 87.7 Å². The third-order valence-corrected chi connectivity index (χ3v) is 5.76. The molecule has 0 saturated heterocycles. The molecular weight excluding hydrogens is 406 g/mol. The Kier molecular flexibility index (Phi) is 6.19. The van der Waals surface area contributed by atoms with E-state index in [9.17, 15) is 9.90 Å². The number of carbonyl (C=O) groups excluding carboxylic acids is 1. The fourth-order valence-corrected chi connectivity index (χ4v) is 4.37. The molecule has 32 heavy (non-hydrogen) atoms. The number of phenols is 1. The van der Waals surface area contributed by atoms with E-state index in [4.69, 9.17) is 9.47 Å². The normalized spacial score (nSPS) is 15.3. The fraction of sp³-hybridized carbons (Fsp3) is 0.360. The highest BCUT2D eigenvalue weighted by Gasteiger charge is 2.42. The van der Waals surface area contributed by atoms with Crippen LogP contribution in [0.4, 0.5) is 0 Å². The summed E-state index contributed by atoms with van der Waals surface area (Å²) in [5, 5.41) is 18.1. The summed E-state index contributed by atoms with van der Waals surface area (Å²) < 4.78 is 11.0. The molecule has 0 saturated carbocycles. The number of fused-ring (bicyclic) bond motifs is 1. The third kappa shape index (κ3) is 3.84. The van der Waals surface area contributed by atoms with Crippen LogP contribution in [0.1, 0.15) is 52.1 Å². The molecular formula is C25H29N3O4. The first-order valence-corrected chi connectivity index (χ1v) is 10.9. The number of aromatic amines is 1. The number of rotatable bonds is 8. The summed E-state index contributed by atoms with van der Waals surface area (Å²) in [7, 11) is 1.62. The number of H-pyrrole nitrogens is 1. The zero-order valence-electron chi connectivity index (χ0n) is 18.9. The molecule has 0 fully saturated rings. The number of nitrogens with one attached hydrogen (secondary N) is 1. The molecule has 0 aliphatic carbocycles. The van der Waals surface area contributed by atoms with Gasteiger partial charge in [-0.1, -0.05) is 25.1 Å². The zero-order chi connectivity index (χ0) is 22.8. The first kappa shape index (κ1) is 21.9. The van der Waals surface area contributed by atoms with Crippen LogP contribution >= 0.6 is 0 Å². The van der Waals surface area contributed by atoms with Crippen LogP contribution in [-0.4, -0.2) is 53.0 Å². The van der Waals surface area contributed by atoms with Crippen LogP contribution in [0.2, 0.25) is 0 Å². The van der Waals surface area contributed by atoms with Crippen LogP contribution in [0.25, 0.3) is 11.3 Å². The minimum atomic E-state index is -0.346. The highest BCUT2D eigenvalue weighted by atomic mass is 16.5. The predicted octanol–water partition coefficient (Wildman–Crippen LogP) is 4.38. The zero-order valence-corrected chi connectivity index (χ0v) is 18.9. The van der Waals surface area contributed by atoms with E-state index < -0.39 is 0 Å². The lowest BCUT2D eigenvalue weighted by molar-refractivity contribution is 0.0677. The van der Waals surface area contributed by atoms with E-state index in [1.807, 2.05) is 44.2 Å². The average Bonchev–Trinajstić information content (AvgIpc) is 3.29. The molecule has 1 amide bonds. The molecule has 1 aliphatic heterocycles. The van der Waals surface area contributed by atoms with Gasteiger partial charge < -0.3 is 19.5 Å². The Bertz CT molecular complexity index is 1100. The summed E-state index contributed by atoms with van der Waals surface area (Å²) in [6.07, 6.45) is 0.935. The van der Waals surface area contributed by atoms with Crippen molar-refractivity contribution in [2.45, 2.75) is 33.2 Å². The van der Waals surface area contributed by atoms with Crippen molar-refractivity contribution >= 4 is 5.91 Å². The Morgan fingerprint density at radius 1 is 1.16 bits per heavy atom. The van der Waals surface area contributed by atoms with Gasteiger partial charge in [0.25, 0.3) is 5.91 Å². The van der Waals surface area contributed by atoms with Crippen LogP contribution < -0.4 is 4.74 Å². The Morgan fingerprint density at radius 3 is 2.56 bits per heavy atom. The maximum Gasteiger partial charge on any atom is 0.273 e. The molecule has 2 N–H and O–H groups in total. The SMILES string of the molecule is CCCOc1ccc(C2c3c(-c4c(C)cc(C)cc4O)n[nH]c3C(=O)N2CCOC)cc1. The van der Waals surface area contributed by atoms with Crippen molar-refractivity contribution in [3.05, 3.63) is 64.3 Å². The number of aromatic nitrogens is 2. The van der Waals surface area contributed by atoms with Gasteiger partial charge in [-0.25, -0.2) is 0 Å². The van der Waals surface area contributed by atoms with Gasteiger partial charge in [-0.05, 0) is 55.2 Å². The van der Waals surface area contributed by atoms with Crippen LogP contribution in [0.5, 0.6) is 11.5 Å². The van der Waals surface area contributed by atoms with E-state index in [1.54, 1.807) is 18.1 Å². The Morgan fingerprint density at radius 2 is 1.91 bits per heavy atom. The van der Waals surface area contributed by atoms with Gasteiger partial charge in [-0.15, -0.1) is 0 Å². The number of ether oxygens (including phenoxy) is 2. The molecule has 1 unspecified atom stereocenters. The highest BCUT2D eigenvalue weighted by molar-refractivity contribution is 6.00. The van der Waals surface area contributed by atoms with E-state index in [0.717, 1.165) is 34.4 Å². The second-order valence-electron chi connectivity index (χ2n) is 8.15.